The third-order valence-corrected chi connectivity index (χ3v) is 4.76. The summed E-state index contributed by atoms with van der Waals surface area (Å²) in [6, 6.07) is 17.5. The van der Waals surface area contributed by atoms with Gasteiger partial charge in [0.1, 0.15) is 24.0 Å². The molecule has 3 aromatic rings. The van der Waals surface area contributed by atoms with Crippen molar-refractivity contribution in [3.8, 4) is 5.75 Å². The van der Waals surface area contributed by atoms with E-state index < -0.39 is 0 Å². The van der Waals surface area contributed by atoms with Gasteiger partial charge in [-0.05, 0) is 81.7 Å². The number of rotatable bonds is 7. The van der Waals surface area contributed by atoms with Crippen LogP contribution in [0.2, 0.25) is 0 Å². The van der Waals surface area contributed by atoms with Gasteiger partial charge in [-0.15, -0.1) is 0 Å². The Kier molecular flexibility index (Phi) is 7.29. The fourth-order valence-electron chi connectivity index (χ4n) is 2.51. The van der Waals surface area contributed by atoms with Gasteiger partial charge >= 0.3 is 0 Å². The molecule has 7 heteroatoms. The Morgan fingerprint density at radius 2 is 1.79 bits per heavy atom. The van der Waals surface area contributed by atoms with Crippen molar-refractivity contribution in [1.82, 2.24) is 5.43 Å². The number of amides is 1. The lowest BCUT2D eigenvalue weighted by atomic mass is 10.1. The molecule has 0 unspecified atom stereocenters. The van der Waals surface area contributed by atoms with Gasteiger partial charge in [0.2, 0.25) is 5.91 Å². The SMILES string of the molecule is O=C(Cc1ccc(F)cc1)N/N=C/c1ccc(OCc2cccc(F)c2)c(I)c1. The summed E-state index contributed by atoms with van der Waals surface area (Å²) in [5.74, 6) is -0.260. The minimum absolute atomic E-state index is 0.113. The Labute approximate surface area is 180 Å². The number of carbonyl (C=O) groups is 1. The van der Waals surface area contributed by atoms with Crippen molar-refractivity contribution in [3.05, 3.63) is 98.6 Å². The molecule has 0 saturated heterocycles. The van der Waals surface area contributed by atoms with Crippen LogP contribution in [0.1, 0.15) is 16.7 Å². The molecule has 1 amide bonds. The summed E-state index contributed by atoms with van der Waals surface area (Å²) in [5, 5.41) is 3.94. The van der Waals surface area contributed by atoms with Crippen molar-refractivity contribution in [2.24, 2.45) is 5.10 Å². The second kappa shape index (κ2) is 10.1. The van der Waals surface area contributed by atoms with E-state index in [0.717, 1.165) is 14.7 Å². The predicted octanol–water partition coefficient (Wildman–Crippen LogP) is 4.84. The van der Waals surface area contributed by atoms with Crippen LogP contribution in [0.5, 0.6) is 5.75 Å². The fourth-order valence-corrected chi connectivity index (χ4v) is 3.20. The lowest BCUT2D eigenvalue weighted by Crippen LogP contribution is -2.19. The molecule has 0 spiro atoms. The van der Waals surface area contributed by atoms with Crippen molar-refractivity contribution in [1.29, 1.82) is 0 Å². The van der Waals surface area contributed by atoms with E-state index in [2.05, 4.69) is 33.1 Å². The van der Waals surface area contributed by atoms with E-state index in [9.17, 15) is 13.6 Å². The second-order valence-electron chi connectivity index (χ2n) is 6.20. The summed E-state index contributed by atoms with van der Waals surface area (Å²) < 4.78 is 32.7. The Hall–Kier alpha value is -2.81. The Morgan fingerprint density at radius 1 is 1.00 bits per heavy atom. The fraction of sp³-hybridized carbons (Fsp3) is 0.0909. The highest BCUT2D eigenvalue weighted by Crippen LogP contribution is 2.22. The number of ether oxygens (including phenoxy) is 1. The van der Waals surface area contributed by atoms with Crippen LogP contribution in [-0.4, -0.2) is 12.1 Å². The van der Waals surface area contributed by atoms with E-state index in [0.29, 0.717) is 11.3 Å². The molecule has 0 saturated carbocycles. The van der Waals surface area contributed by atoms with Crippen molar-refractivity contribution >= 4 is 34.7 Å². The summed E-state index contributed by atoms with van der Waals surface area (Å²) in [5.41, 5.74) is 4.68. The zero-order valence-electron chi connectivity index (χ0n) is 15.2. The topological polar surface area (TPSA) is 50.7 Å². The molecule has 29 heavy (non-hydrogen) atoms. The molecule has 0 radical (unpaired) electrons. The predicted molar refractivity (Wildman–Crippen MR) is 116 cm³/mol. The average molecular weight is 506 g/mol. The molecule has 1 N–H and O–H groups in total. The highest BCUT2D eigenvalue weighted by atomic mass is 127. The maximum Gasteiger partial charge on any atom is 0.244 e. The highest BCUT2D eigenvalue weighted by Gasteiger charge is 2.05. The van der Waals surface area contributed by atoms with Gasteiger partial charge in [-0.2, -0.15) is 5.10 Å². The largest absolute Gasteiger partial charge is 0.488 e. The molecule has 148 valence electrons. The van der Waals surface area contributed by atoms with Gasteiger partial charge in [0.25, 0.3) is 0 Å². The molecule has 3 aromatic carbocycles. The number of benzene rings is 3. The van der Waals surface area contributed by atoms with E-state index in [1.807, 2.05) is 6.07 Å². The van der Waals surface area contributed by atoms with Crippen LogP contribution in [0.25, 0.3) is 0 Å². The first-order chi connectivity index (χ1) is 14.0. The lowest BCUT2D eigenvalue weighted by Gasteiger charge is -2.09. The van der Waals surface area contributed by atoms with Crippen molar-refractivity contribution in [2.75, 3.05) is 0 Å². The number of hydrogen-bond acceptors (Lipinski definition) is 3. The van der Waals surface area contributed by atoms with Gasteiger partial charge in [-0.3, -0.25) is 4.79 Å². The molecule has 0 heterocycles. The van der Waals surface area contributed by atoms with Crippen LogP contribution in [0.4, 0.5) is 8.78 Å². The van der Waals surface area contributed by atoms with Crippen LogP contribution < -0.4 is 10.2 Å². The first-order valence-electron chi connectivity index (χ1n) is 8.73. The summed E-state index contributed by atoms with van der Waals surface area (Å²) in [7, 11) is 0. The smallest absolute Gasteiger partial charge is 0.244 e. The third-order valence-electron chi connectivity index (χ3n) is 3.92. The Bertz CT molecular complexity index is 1020. The highest BCUT2D eigenvalue weighted by molar-refractivity contribution is 14.1. The first kappa shape index (κ1) is 20.9. The van der Waals surface area contributed by atoms with E-state index in [1.54, 1.807) is 36.4 Å². The summed E-state index contributed by atoms with van der Waals surface area (Å²) >= 11 is 2.14. The molecule has 0 aliphatic heterocycles. The molecule has 3 rings (SSSR count). The van der Waals surface area contributed by atoms with Gasteiger partial charge in [0, 0.05) is 0 Å². The van der Waals surface area contributed by atoms with Gasteiger partial charge in [0.05, 0.1) is 16.2 Å². The minimum Gasteiger partial charge on any atom is -0.488 e. The van der Waals surface area contributed by atoms with Crippen molar-refractivity contribution in [2.45, 2.75) is 13.0 Å². The van der Waals surface area contributed by atoms with E-state index >= 15 is 0 Å². The standard InChI is InChI=1S/C22H17F2IN2O2/c23-18-7-4-15(5-8-18)12-22(28)27-26-13-16-6-9-21(20(25)11-16)29-14-17-2-1-3-19(24)10-17/h1-11,13H,12,14H2,(H,27,28)/b26-13+. The van der Waals surface area contributed by atoms with Crippen LogP contribution in [0, 0.1) is 15.2 Å². The molecular weight excluding hydrogens is 489 g/mol. The molecule has 4 nitrogen and oxygen atoms in total. The third kappa shape index (κ3) is 6.63. The number of nitrogens with zero attached hydrogens (tertiary/aromatic N) is 1. The van der Waals surface area contributed by atoms with Crippen molar-refractivity contribution in [3.63, 3.8) is 0 Å². The normalized spacial score (nSPS) is 10.9. The zero-order chi connectivity index (χ0) is 20.6. The number of hydrogen-bond donors (Lipinski definition) is 1. The van der Waals surface area contributed by atoms with Gasteiger partial charge in [-0.25, -0.2) is 14.2 Å². The Balaban J connectivity index is 1.52. The number of halogens is 3. The molecule has 0 aliphatic rings. The van der Waals surface area contributed by atoms with Crippen LogP contribution in [0.3, 0.4) is 0 Å². The second-order valence-corrected chi connectivity index (χ2v) is 7.37. The maximum absolute atomic E-state index is 13.2. The minimum atomic E-state index is -0.342. The van der Waals surface area contributed by atoms with E-state index in [1.165, 1.54) is 30.5 Å². The lowest BCUT2D eigenvalue weighted by molar-refractivity contribution is -0.120. The summed E-state index contributed by atoms with van der Waals surface area (Å²) in [4.78, 5) is 11.9. The first-order valence-corrected chi connectivity index (χ1v) is 9.80. The molecule has 0 aliphatic carbocycles. The molecular formula is C22H17F2IN2O2. The number of hydrazone groups is 1. The molecule has 0 fully saturated rings. The van der Waals surface area contributed by atoms with Crippen LogP contribution >= 0.6 is 22.6 Å². The monoisotopic (exact) mass is 506 g/mol. The Morgan fingerprint density at radius 3 is 2.52 bits per heavy atom. The van der Waals surface area contributed by atoms with Gasteiger partial charge in [0.15, 0.2) is 0 Å². The van der Waals surface area contributed by atoms with E-state index in [-0.39, 0.29) is 30.6 Å². The molecule has 0 atom stereocenters. The van der Waals surface area contributed by atoms with Crippen LogP contribution in [-0.2, 0) is 17.8 Å². The maximum atomic E-state index is 13.2. The molecule has 0 bridgehead atoms. The summed E-state index contributed by atoms with van der Waals surface area (Å²) in [6.45, 7) is 0.265. The van der Waals surface area contributed by atoms with Gasteiger partial charge in [-0.1, -0.05) is 24.3 Å². The number of carbonyl (C=O) groups excluding carboxylic acids is 1. The quantitative estimate of drug-likeness (QED) is 0.283. The zero-order valence-corrected chi connectivity index (χ0v) is 17.4. The average Bonchev–Trinajstić information content (AvgIpc) is 2.69. The number of nitrogens with one attached hydrogen (secondary N) is 1. The van der Waals surface area contributed by atoms with E-state index in [4.69, 9.17) is 4.74 Å². The summed E-state index contributed by atoms with van der Waals surface area (Å²) in [6.07, 6.45) is 1.64. The van der Waals surface area contributed by atoms with Gasteiger partial charge < -0.3 is 4.74 Å². The van der Waals surface area contributed by atoms with Crippen LogP contribution in [0.15, 0.2) is 71.8 Å². The molecule has 0 aromatic heterocycles. The van der Waals surface area contributed by atoms with Crippen molar-refractivity contribution < 1.29 is 18.3 Å².